The summed E-state index contributed by atoms with van der Waals surface area (Å²) in [5.41, 5.74) is 1.88. The quantitative estimate of drug-likeness (QED) is 0.570. The number of imidazole rings is 1. The molecule has 2 aliphatic heterocycles. The second kappa shape index (κ2) is 9.96. The van der Waals surface area contributed by atoms with Gasteiger partial charge in [0.15, 0.2) is 5.96 Å². The lowest BCUT2D eigenvalue weighted by atomic mass is 9.93. The molecule has 0 spiro atoms. The van der Waals surface area contributed by atoms with Crippen molar-refractivity contribution in [2.75, 3.05) is 32.1 Å². The van der Waals surface area contributed by atoms with Crippen LogP contribution in [0.4, 0.5) is 5.69 Å². The summed E-state index contributed by atoms with van der Waals surface area (Å²) < 4.78 is 7.67. The molecular weight excluding hydrogens is 392 g/mol. The number of anilines is 1. The number of rotatable bonds is 5. The highest BCUT2D eigenvalue weighted by Crippen LogP contribution is 2.27. The molecule has 1 aromatic carbocycles. The van der Waals surface area contributed by atoms with Crippen molar-refractivity contribution in [2.24, 2.45) is 10.9 Å². The normalized spacial score (nSPS) is 24.3. The van der Waals surface area contributed by atoms with E-state index in [-0.39, 0.29) is 12.0 Å². The van der Waals surface area contributed by atoms with Crippen LogP contribution in [0.1, 0.15) is 37.8 Å². The number of amides is 1. The summed E-state index contributed by atoms with van der Waals surface area (Å²) in [6.45, 7) is 5.48. The molecule has 1 amide bonds. The third-order valence-corrected chi connectivity index (χ3v) is 6.21. The van der Waals surface area contributed by atoms with E-state index in [9.17, 15) is 4.79 Å². The predicted molar refractivity (Wildman–Crippen MR) is 121 cm³/mol. The molecule has 31 heavy (non-hydrogen) atoms. The fourth-order valence-electron chi connectivity index (χ4n) is 4.37. The molecule has 0 aliphatic carbocycles. The Kier molecular flexibility index (Phi) is 6.86. The molecule has 3 unspecified atom stereocenters. The van der Waals surface area contributed by atoms with Crippen molar-refractivity contribution in [3.63, 3.8) is 0 Å². The molecule has 0 bridgehead atoms. The van der Waals surface area contributed by atoms with E-state index in [0.717, 1.165) is 49.6 Å². The second-order valence-corrected chi connectivity index (χ2v) is 8.38. The molecule has 1 aromatic heterocycles. The summed E-state index contributed by atoms with van der Waals surface area (Å²) in [7, 11) is 1.82. The Balaban J connectivity index is 1.35. The molecule has 3 atom stereocenters. The first-order valence-corrected chi connectivity index (χ1v) is 11.1. The number of hydrogen-bond acceptors (Lipinski definition) is 4. The molecule has 8 nitrogen and oxygen atoms in total. The summed E-state index contributed by atoms with van der Waals surface area (Å²) in [4.78, 5) is 23.4. The molecule has 0 saturated carbocycles. The highest BCUT2D eigenvalue weighted by Gasteiger charge is 2.29. The zero-order valence-corrected chi connectivity index (χ0v) is 18.3. The fourth-order valence-corrected chi connectivity index (χ4v) is 4.37. The second-order valence-electron chi connectivity index (χ2n) is 8.38. The number of hydrogen-bond donors (Lipinski definition) is 2. The highest BCUT2D eigenvalue weighted by atomic mass is 16.5. The number of nitrogens with one attached hydrogen (secondary N) is 2. The van der Waals surface area contributed by atoms with Gasteiger partial charge in [-0.15, -0.1) is 0 Å². The molecule has 8 heteroatoms. The van der Waals surface area contributed by atoms with Crippen LogP contribution < -0.4 is 10.6 Å². The summed E-state index contributed by atoms with van der Waals surface area (Å²) in [6, 6.07) is 8.30. The number of aromatic nitrogens is 2. The van der Waals surface area contributed by atoms with Crippen LogP contribution in [0.15, 0.2) is 48.0 Å². The summed E-state index contributed by atoms with van der Waals surface area (Å²) in [5, 5.41) is 6.46. The summed E-state index contributed by atoms with van der Waals surface area (Å²) in [6.07, 6.45) is 8.29. The number of ether oxygens (including phenoxy) is 1. The van der Waals surface area contributed by atoms with E-state index in [1.54, 1.807) is 0 Å². The number of piperidine rings is 1. The number of guanidine groups is 1. The maximum Gasteiger partial charge on any atom is 0.253 e. The van der Waals surface area contributed by atoms with Gasteiger partial charge in [-0.3, -0.25) is 9.79 Å². The van der Waals surface area contributed by atoms with Gasteiger partial charge in [-0.05, 0) is 42.9 Å². The van der Waals surface area contributed by atoms with Crippen LogP contribution >= 0.6 is 0 Å². The van der Waals surface area contributed by atoms with Crippen molar-refractivity contribution in [1.82, 2.24) is 19.8 Å². The van der Waals surface area contributed by atoms with Gasteiger partial charge in [0, 0.05) is 51.4 Å². The van der Waals surface area contributed by atoms with Crippen molar-refractivity contribution >= 4 is 17.6 Å². The van der Waals surface area contributed by atoms with Gasteiger partial charge in [0.25, 0.3) is 5.91 Å². The average Bonchev–Trinajstić information content (AvgIpc) is 3.50. The number of carbonyl (C=O) groups excluding carboxylic acids is 1. The smallest absolute Gasteiger partial charge is 0.253 e. The van der Waals surface area contributed by atoms with Crippen LogP contribution in [-0.2, 0) is 16.1 Å². The lowest BCUT2D eigenvalue weighted by Gasteiger charge is -2.39. The van der Waals surface area contributed by atoms with Gasteiger partial charge in [-0.2, -0.15) is 0 Å². The van der Waals surface area contributed by atoms with Crippen LogP contribution in [0.2, 0.25) is 0 Å². The molecule has 2 fully saturated rings. The number of likely N-dealkylation sites (tertiary alicyclic amines) is 1. The highest BCUT2D eigenvalue weighted by molar-refractivity contribution is 5.94. The average molecular weight is 425 g/mol. The van der Waals surface area contributed by atoms with E-state index in [0.29, 0.717) is 25.1 Å². The topological polar surface area (TPSA) is 83.8 Å². The van der Waals surface area contributed by atoms with Gasteiger partial charge in [-0.25, -0.2) is 4.98 Å². The Morgan fingerprint density at radius 3 is 3.00 bits per heavy atom. The van der Waals surface area contributed by atoms with Crippen LogP contribution in [0.5, 0.6) is 0 Å². The third kappa shape index (κ3) is 5.25. The zero-order valence-electron chi connectivity index (χ0n) is 18.3. The Morgan fingerprint density at radius 1 is 1.35 bits per heavy atom. The minimum atomic E-state index is -0.328. The van der Waals surface area contributed by atoms with Gasteiger partial charge in [0.05, 0.1) is 12.4 Å². The van der Waals surface area contributed by atoms with E-state index < -0.39 is 0 Å². The molecule has 4 rings (SSSR count). The van der Waals surface area contributed by atoms with Gasteiger partial charge in [-0.1, -0.05) is 19.1 Å². The molecule has 2 aliphatic rings. The Bertz CT molecular complexity index is 891. The van der Waals surface area contributed by atoms with E-state index in [4.69, 9.17) is 4.74 Å². The molecule has 2 aromatic rings. The van der Waals surface area contributed by atoms with Crippen molar-refractivity contribution in [1.29, 1.82) is 0 Å². The van der Waals surface area contributed by atoms with Crippen LogP contribution in [-0.4, -0.2) is 59.2 Å². The molecule has 3 heterocycles. The number of nitrogens with zero attached hydrogens (tertiary/aromatic N) is 4. The third-order valence-electron chi connectivity index (χ3n) is 6.21. The first kappa shape index (κ1) is 21.4. The van der Waals surface area contributed by atoms with Crippen LogP contribution in [0.25, 0.3) is 0 Å². The van der Waals surface area contributed by atoms with E-state index in [1.165, 1.54) is 0 Å². The molecule has 0 radical (unpaired) electrons. The fraction of sp³-hybridized carbons (Fsp3) is 0.522. The van der Waals surface area contributed by atoms with Crippen LogP contribution in [0, 0.1) is 5.92 Å². The van der Waals surface area contributed by atoms with Crippen molar-refractivity contribution in [3.05, 3.63) is 48.5 Å². The predicted octanol–water partition coefficient (Wildman–Crippen LogP) is 2.66. The minimum absolute atomic E-state index is 0.0635. The zero-order chi connectivity index (χ0) is 21.6. The Labute approximate surface area is 183 Å². The first-order chi connectivity index (χ1) is 15.1. The van der Waals surface area contributed by atoms with Crippen molar-refractivity contribution in [3.8, 4) is 0 Å². The number of carbonyl (C=O) groups is 1. The van der Waals surface area contributed by atoms with Crippen LogP contribution in [0.3, 0.4) is 0 Å². The Hall–Kier alpha value is -2.87. The van der Waals surface area contributed by atoms with E-state index in [2.05, 4.69) is 43.1 Å². The number of aliphatic imine (C=N–C) groups is 1. The van der Waals surface area contributed by atoms with Crippen molar-refractivity contribution in [2.45, 2.75) is 44.9 Å². The maximum atomic E-state index is 12.3. The lowest BCUT2D eigenvalue weighted by molar-refractivity contribution is -0.124. The molecular formula is C23H32N6O2. The van der Waals surface area contributed by atoms with Gasteiger partial charge in [0.1, 0.15) is 6.10 Å². The largest absolute Gasteiger partial charge is 0.368 e. The van der Waals surface area contributed by atoms with Gasteiger partial charge < -0.3 is 24.8 Å². The van der Waals surface area contributed by atoms with E-state index >= 15 is 0 Å². The number of benzene rings is 1. The monoisotopic (exact) mass is 424 g/mol. The molecule has 166 valence electrons. The van der Waals surface area contributed by atoms with Crippen molar-refractivity contribution < 1.29 is 9.53 Å². The molecule has 2 saturated heterocycles. The molecule has 2 N–H and O–H groups in total. The van der Waals surface area contributed by atoms with E-state index in [1.807, 2.05) is 44.0 Å². The van der Waals surface area contributed by atoms with Gasteiger partial charge in [0.2, 0.25) is 0 Å². The standard InChI is InChI=1S/C23H32N6O2/c1-17-8-10-28(15-20(17)29-11-9-25-16-29)23(24-2)26-14-18-5-3-6-19(13-18)27-22(30)21-7-4-12-31-21/h3,5-6,9,11,13,16-17,20-21H,4,7-8,10,12,14-15H2,1-2H3,(H,24,26)(H,27,30). The minimum Gasteiger partial charge on any atom is -0.368 e. The summed E-state index contributed by atoms with van der Waals surface area (Å²) >= 11 is 0. The van der Waals surface area contributed by atoms with Gasteiger partial charge >= 0.3 is 0 Å². The maximum absolute atomic E-state index is 12.3. The SMILES string of the molecule is CN=C(NCc1cccc(NC(=O)C2CCCO2)c1)N1CCC(C)C(n2ccnc2)C1. The Morgan fingerprint density at radius 2 is 2.26 bits per heavy atom. The lowest BCUT2D eigenvalue weighted by Crippen LogP contribution is -2.48. The summed E-state index contributed by atoms with van der Waals surface area (Å²) in [5.74, 6) is 1.42. The first-order valence-electron chi connectivity index (χ1n) is 11.1.